The highest BCUT2D eigenvalue weighted by molar-refractivity contribution is 7.98. The third-order valence-corrected chi connectivity index (χ3v) is 6.84. The molecule has 0 aliphatic carbocycles. The fourth-order valence-corrected chi connectivity index (χ4v) is 4.89. The van der Waals surface area contributed by atoms with Crippen LogP contribution in [-0.4, -0.2) is 57.3 Å². The van der Waals surface area contributed by atoms with Crippen LogP contribution in [0.3, 0.4) is 0 Å². The zero-order valence-corrected chi connectivity index (χ0v) is 21.4. The zero-order valence-electron chi connectivity index (χ0n) is 20.6. The molecule has 0 radical (unpaired) electrons. The van der Waals surface area contributed by atoms with Crippen LogP contribution in [0, 0.1) is 0 Å². The molecule has 1 fully saturated rings. The molecule has 4 aromatic heterocycles. The van der Waals surface area contributed by atoms with Gasteiger partial charge in [0, 0.05) is 54.0 Å². The number of thioether (sulfide) groups is 1. The first-order valence-electron chi connectivity index (χ1n) is 12.0. The van der Waals surface area contributed by atoms with Crippen LogP contribution >= 0.6 is 11.8 Å². The van der Waals surface area contributed by atoms with Crippen LogP contribution in [-0.2, 0) is 6.54 Å². The van der Waals surface area contributed by atoms with E-state index in [1.54, 1.807) is 30.4 Å². The Balaban J connectivity index is 1.34. The number of aromatic nitrogens is 4. The molecule has 2 N–H and O–H groups in total. The number of carbonyl (C=O) groups is 1. The Morgan fingerprint density at radius 2 is 1.86 bits per heavy atom. The van der Waals surface area contributed by atoms with E-state index >= 15 is 0 Å². The molecule has 4 aromatic rings. The molecule has 184 valence electrons. The van der Waals surface area contributed by atoms with Gasteiger partial charge in [-0.2, -0.15) is 0 Å². The third kappa shape index (κ3) is 5.47. The smallest absolute Gasteiger partial charge is 0.253 e. The number of hydrogen-bond acceptors (Lipinski definition) is 8. The first-order valence-corrected chi connectivity index (χ1v) is 13.2. The Hall–Kier alpha value is -3.56. The van der Waals surface area contributed by atoms with Crippen molar-refractivity contribution in [3.05, 3.63) is 72.3 Å². The van der Waals surface area contributed by atoms with Crippen molar-refractivity contribution in [1.82, 2.24) is 30.6 Å². The zero-order chi connectivity index (χ0) is 25.1. The molecule has 36 heavy (non-hydrogen) atoms. The summed E-state index contributed by atoms with van der Waals surface area (Å²) in [6.45, 7) is 6.54. The summed E-state index contributed by atoms with van der Waals surface area (Å²) in [5.74, 6) is 0.785. The molecule has 8 nitrogen and oxygen atoms in total. The first-order chi connectivity index (χ1) is 17.5. The second-order valence-corrected chi connectivity index (χ2v) is 10.00. The van der Waals surface area contributed by atoms with E-state index < -0.39 is 0 Å². The molecule has 0 aromatic carbocycles. The van der Waals surface area contributed by atoms with E-state index in [2.05, 4.69) is 45.4 Å². The molecule has 2 unspecified atom stereocenters. The van der Waals surface area contributed by atoms with Gasteiger partial charge >= 0.3 is 0 Å². The number of hydrogen-bond donors (Lipinski definition) is 2. The minimum atomic E-state index is -0.181. The van der Waals surface area contributed by atoms with Crippen LogP contribution in [0.15, 0.2) is 66.0 Å². The van der Waals surface area contributed by atoms with Gasteiger partial charge in [0.05, 0.1) is 34.7 Å². The number of amides is 1. The van der Waals surface area contributed by atoms with Gasteiger partial charge in [-0.1, -0.05) is 6.07 Å². The lowest BCUT2D eigenvalue weighted by molar-refractivity contribution is 0.0950. The van der Waals surface area contributed by atoms with Gasteiger partial charge in [-0.15, -0.1) is 11.8 Å². The van der Waals surface area contributed by atoms with Gasteiger partial charge in [0.15, 0.2) is 0 Å². The Bertz CT molecular complexity index is 1390. The van der Waals surface area contributed by atoms with E-state index in [0.29, 0.717) is 24.2 Å². The summed E-state index contributed by atoms with van der Waals surface area (Å²) in [6, 6.07) is 14.6. The molecule has 5 heterocycles. The number of fused-ring (bicyclic) bond motifs is 1. The minimum absolute atomic E-state index is 0.181. The molecule has 0 spiro atoms. The van der Waals surface area contributed by atoms with Gasteiger partial charge in [-0.3, -0.25) is 14.8 Å². The summed E-state index contributed by atoms with van der Waals surface area (Å²) in [5.41, 5.74) is 3.72. The Labute approximate surface area is 215 Å². The first kappa shape index (κ1) is 24.1. The van der Waals surface area contributed by atoms with Crippen molar-refractivity contribution in [3.63, 3.8) is 0 Å². The highest BCUT2D eigenvalue weighted by Gasteiger charge is 2.22. The van der Waals surface area contributed by atoms with Crippen LogP contribution in [0.4, 0.5) is 5.82 Å². The molecule has 0 saturated carbocycles. The number of pyridine rings is 4. The number of carbonyl (C=O) groups excluding carboxylic acids is 1. The maximum Gasteiger partial charge on any atom is 0.253 e. The lowest BCUT2D eigenvalue weighted by Gasteiger charge is -2.37. The highest BCUT2D eigenvalue weighted by atomic mass is 32.2. The van der Waals surface area contributed by atoms with Crippen molar-refractivity contribution >= 4 is 34.4 Å². The van der Waals surface area contributed by atoms with Crippen molar-refractivity contribution < 1.29 is 4.79 Å². The summed E-state index contributed by atoms with van der Waals surface area (Å²) in [5, 5.41) is 7.43. The predicted octanol–water partition coefficient (Wildman–Crippen LogP) is 3.93. The van der Waals surface area contributed by atoms with E-state index in [-0.39, 0.29) is 5.91 Å². The highest BCUT2D eigenvalue weighted by Crippen LogP contribution is 2.23. The van der Waals surface area contributed by atoms with Gasteiger partial charge < -0.3 is 15.5 Å². The van der Waals surface area contributed by atoms with Gasteiger partial charge in [-0.25, -0.2) is 9.97 Å². The van der Waals surface area contributed by atoms with E-state index in [0.717, 1.165) is 51.8 Å². The van der Waals surface area contributed by atoms with Crippen molar-refractivity contribution in [2.75, 3.05) is 24.2 Å². The van der Waals surface area contributed by atoms with E-state index in [1.165, 1.54) is 0 Å². The average Bonchev–Trinajstić information content (AvgIpc) is 2.90. The molecule has 1 saturated heterocycles. The Kier molecular flexibility index (Phi) is 7.11. The average molecular weight is 500 g/mol. The summed E-state index contributed by atoms with van der Waals surface area (Å²) >= 11 is 1.55. The summed E-state index contributed by atoms with van der Waals surface area (Å²) in [6.07, 6.45) is 7.05. The lowest BCUT2D eigenvalue weighted by atomic mass is 10.1. The number of anilines is 1. The number of rotatable bonds is 6. The van der Waals surface area contributed by atoms with Crippen molar-refractivity contribution in [3.8, 4) is 11.4 Å². The second kappa shape index (κ2) is 10.6. The molecular weight excluding hydrogens is 470 g/mol. The van der Waals surface area contributed by atoms with Crippen molar-refractivity contribution in [2.24, 2.45) is 0 Å². The third-order valence-electron chi connectivity index (χ3n) is 6.15. The molecule has 1 aliphatic rings. The monoisotopic (exact) mass is 499 g/mol. The van der Waals surface area contributed by atoms with Crippen LogP contribution in [0.5, 0.6) is 0 Å². The van der Waals surface area contributed by atoms with Gasteiger partial charge in [0.2, 0.25) is 0 Å². The van der Waals surface area contributed by atoms with Crippen LogP contribution in [0.25, 0.3) is 22.3 Å². The maximum absolute atomic E-state index is 12.6. The SMILES string of the molecule is CSc1cncc(C(=O)NCc2cc3nc(-c4cccc(N5CC(C)NC(C)C5)n4)ccc3cn2)c1. The Morgan fingerprint density at radius 3 is 2.67 bits per heavy atom. The van der Waals surface area contributed by atoms with Crippen LogP contribution in [0.1, 0.15) is 29.9 Å². The van der Waals surface area contributed by atoms with Gasteiger partial charge in [0.25, 0.3) is 5.91 Å². The normalized spacial score (nSPS) is 17.8. The number of piperazine rings is 1. The maximum atomic E-state index is 12.6. The summed E-state index contributed by atoms with van der Waals surface area (Å²) in [4.78, 5) is 34.3. The number of nitrogens with zero attached hydrogens (tertiary/aromatic N) is 5. The molecular formula is C27H29N7OS. The van der Waals surface area contributed by atoms with Crippen molar-refractivity contribution in [1.29, 1.82) is 0 Å². The molecule has 9 heteroatoms. The quantitative estimate of drug-likeness (QED) is 0.386. The molecule has 0 bridgehead atoms. The van der Waals surface area contributed by atoms with Gasteiger partial charge in [0.1, 0.15) is 5.82 Å². The second-order valence-electron chi connectivity index (χ2n) is 9.12. The van der Waals surface area contributed by atoms with Crippen molar-refractivity contribution in [2.45, 2.75) is 37.4 Å². The molecule has 5 rings (SSSR count). The van der Waals surface area contributed by atoms with E-state index in [9.17, 15) is 4.79 Å². The standard InChI is InChI=1S/C27H29N7OS/c1-17-15-34(16-18(2)31-17)26-6-4-5-23(33-26)24-8-7-19-12-29-21(10-25(19)32-24)13-30-27(35)20-9-22(36-3)14-28-11-20/h4-12,14,17-18,31H,13,15-16H2,1-3H3,(H,30,35). The summed E-state index contributed by atoms with van der Waals surface area (Å²) < 4.78 is 0. The largest absolute Gasteiger partial charge is 0.353 e. The van der Waals surface area contributed by atoms with Gasteiger partial charge in [-0.05, 0) is 56.5 Å². The molecule has 1 amide bonds. The fraction of sp³-hybridized carbons (Fsp3) is 0.296. The molecule has 2 atom stereocenters. The lowest BCUT2D eigenvalue weighted by Crippen LogP contribution is -2.54. The van der Waals surface area contributed by atoms with E-state index in [1.807, 2.05) is 42.7 Å². The van der Waals surface area contributed by atoms with Crippen LogP contribution < -0.4 is 15.5 Å². The minimum Gasteiger partial charge on any atom is -0.353 e. The molecule has 1 aliphatic heterocycles. The predicted molar refractivity (Wildman–Crippen MR) is 144 cm³/mol. The van der Waals surface area contributed by atoms with Crippen LogP contribution in [0.2, 0.25) is 0 Å². The Morgan fingerprint density at radius 1 is 1.06 bits per heavy atom. The topological polar surface area (TPSA) is 95.9 Å². The number of nitrogens with one attached hydrogen (secondary N) is 2. The fourth-order valence-electron chi connectivity index (χ4n) is 4.48. The van der Waals surface area contributed by atoms with E-state index in [4.69, 9.17) is 9.97 Å². The summed E-state index contributed by atoms with van der Waals surface area (Å²) in [7, 11) is 0.